The maximum atomic E-state index is 3.59. The van der Waals surface area contributed by atoms with Crippen molar-refractivity contribution in [3.63, 3.8) is 0 Å². The zero-order valence-corrected chi connectivity index (χ0v) is 10.0. The molecule has 0 radical (unpaired) electrons. The van der Waals surface area contributed by atoms with E-state index in [2.05, 4.69) is 44.3 Å². The molecular formula is C14H21N. The Balaban J connectivity index is 2.39. The average Bonchev–Trinajstić information content (AvgIpc) is 2.27. The van der Waals surface area contributed by atoms with Crippen LogP contribution in [-0.4, -0.2) is 6.54 Å². The van der Waals surface area contributed by atoms with Gasteiger partial charge in [-0.3, -0.25) is 0 Å². The molecule has 1 aliphatic heterocycles. The van der Waals surface area contributed by atoms with Crippen LogP contribution in [0, 0.1) is 0 Å². The first-order valence-corrected chi connectivity index (χ1v) is 6.08. The van der Waals surface area contributed by atoms with Crippen molar-refractivity contribution in [3.8, 4) is 0 Å². The zero-order valence-electron chi connectivity index (χ0n) is 10.0. The maximum Gasteiger partial charge on any atom is 0.0320 e. The lowest BCUT2D eigenvalue weighted by molar-refractivity contribution is 0.492. The molecular weight excluding hydrogens is 182 g/mol. The highest BCUT2D eigenvalue weighted by molar-refractivity contribution is 5.37. The van der Waals surface area contributed by atoms with Gasteiger partial charge in [-0.2, -0.15) is 0 Å². The molecule has 15 heavy (non-hydrogen) atoms. The summed E-state index contributed by atoms with van der Waals surface area (Å²) < 4.78 is 0. The Morgan fingerprint density at radius 3 is 2.87 bits per heavy atom. The Labute approximate surface area is 92.9 Å². The highest BCUT2D eigenvalue weighted by Gasteiger charge is 2.18. The quantitative estimate of drug-likeness (QED) is 0.776. The monoisotopic (exact) mass is 203 g/mol. The van der Waals surface area contributed by atoms with Crippen molar-refractivity contribution in [2.24, 2.45) is 0 Å². The number of hydrogen-bond acceptors (Lipinski definition) is 1. The van der Waals surface area contributed by atoms with Crippen molar-refractivity contribution in [3.05, 3.63) is 34.9 Å². The second kappa shape index (κ2) is 4.36. The van der Waals surface area contributed by atoms with Gasteiger partial charge in [0, 0.05) is 6.04 Å². The van der Waals surface area contributed by atoms with Crippen molar-refractivity contribution >= 4 is 0 Å². The van der Waals surface area contributed by atoms with Crippen molar-refractivity contribution in [1.29, 1.82) is 0 Å². The Bertz CT molecular complexity index is 341. The molecule has 0 saturated carbocycles. The molecule has 1 N–H and O–H groups in total. The van der Waals surface area contributed by atoms with E-state index in [0.29, 0.717) is 12.0 Å². The van der Waals surface area contributed by atoms with E-state index in [1.807, 2.05) is 0 Å². The van der Waals surface area contributed by atoms with Crippen LogP contribution in [0.5, 0.6) is 0 Å². The van der Waals surface area contributed by atoms with Crippen LogP contribution in [0.4, 0.5) is 0 Å². The van der Waals surface area contributed by atoms with Gasteiger partial charge in [-0.25, -0.2) is 0 Å². The summed E-state index contributed by atoms with van der Waals surface area (Å²) in [7, 11) is 0. The molecule has 1 aliphatic rings. The minimum Gasteiger partial charge on any atom is -0.310 e. The largest absolute Gasteiger partial charge is 0.310 e. The SMILES string of the molecule is CCC1NCCc2ccc(C(C)C)cc21. The van der Waals surface area contributed by atoms with Gasteiger partial charge in [0.1, 0.15) is 0 Å². The van der Waals surface area contributed by atoms with Crippen LogP contribution in [0.2, 0.25) is 0 Å². The minimum atomic E-state index is 0.576. The van der Waals surface area contributed by atoms with Crippen molar-refractivity contribution in [1.82, 2.24) is 5.32 Å². The summed E-state index contributed by atoms with van der Waals surface area (Å²) in [6.07, 6.45) is 2.37. The van der Waals surface area contributed by atoms with Crippen LogP contribution in [0.25, 0.3) is 0 Å². The fourth-order valence-corrected chi connectivity index (χ4v) is 2.38. The maximum absolute atomic E-state index is 3.59. The summed E-state index contributed by atoms with van der Waals surface area (Å²) in [6.45, 7) is 7.92. The normalized spacial score (nSPS) is 20.4. The molecule has 0 aromatic heterocycles. The lowest BCUT2D eigenvalue weighted by Gasteiger charge is -2.27. The molecule has 0 bridgehead atoms. The molecule has 0 aliphatic carbocycles. The number of fused-ring (bicyclic) bond motifs is 1. The fraction of sp³-hybridized carbons (Fsp3) is 0.571. The molecule has 1 aromatic rings. The summed E-state index contributed by atoms with van der Waals surface area (Å²) in [5.74, 6) is 0.634. The number of rotatable bonds is 2. The molecule has 0 amide bonds. The van der Waals surface area contributed by atoms with Gasteiger partial charge >= 0.3 is 0 Å². The second-order valence-corrected chi connectivity index (χ2v) is 4.78. The zero-order chi connectivity index (χ0) is 10.8. The molecule has 0 fully saturated rings. The molecule has 0 spiro atoms. The van der Waals surface area contributed by atoms with Gasteiger partial charge in [0.15, 0.2) is 0 Å². The van der Waals surface area contributed by atoms with E-state index in [0.717, 1.165) is 6.54 Å². The topological polar surface area (TPSA) is 12.0 Å². The second-order valence-electron chi connectivity index (χ2n) is 4.78. The molecule has 1 aromatic carbocycles. The first-order chi connectivity index (χ1) is 7.22. The lowest BCUT2D eigenvalue weighted by Crippen LogP contribution is -2.29. The van der Waals surface area contributed by atoms with Crippen LogP contribution in [0.15, 0.2) is 18.2 Å². The standard InChI is InChI=1S/C14H21N/c1-4-14-13-9-12(10(2)3)6-5-11(13)7-8-15-14/h5-6,9-10,14-15H,4,7-8H2,1-3H3. The van der Waals surface area contributed by atoms with Gasteiger partial charge in [0.05, 0.1) is 0 Å². The van der Waals surface area contributed by atoms with Gasteiger partial charge in [-0.05, 0) is 42.0 Å². The summed E-state index contributed by atoms with van der Waals surface area (Å²) in [5, 5.41) is 3.59. The summed E-state index contributed by atoms with van der Waals surface area (Å²) >= 11 is 0. The van der Waals surface area contributed by atoms with Crippen molar-refractivity contribution in [2.75, 3.05) is 6.54 Å². The van der Waals surface area contributed by atoms with E-state index in [4.69, 9.17) is 0 Å². The van der Waals surface area contributed by atoms with Gasteiger partial charge < -0.3 is 5.32 Å². The van der Waals surface area contributed by atoms with Gasteiger partial charge in [-0.15, -0.1) is 0 Å². The molecule has 0 saturated heterocycles. The highest BCUT2D eigenvalue weighted by Crippen LogP contribution is 2.28. The van der Waals surface area contributed by atoms with Gasteiger partial charge in [0.25, 0.3) is 0 Å². The molecule has 1 atom stereocenters. The van der Waals surface area contributed by atoms with Crippen molar-refractivity contribution in [2.45, 2.75) is 45.6 Å². The minimum absolute atomic E-state index is 0.576. The molecule has 1 unspecified atom stereocenters. The lowest BCUT2D eigenvalue weighted by atomic mass is 9.89. The van der Waals surface area contributed by atoms with Crippen LogP contribution in [0.3, 0.4) is 0 Å². The summed E-state index contributed by atoms with van der Waals surface area (Å²) in [6, 6.07) is 7.60. The van der Waals surface area contributed by atoms with Crippen molar-refractivity contribution < 1.29 is 0 Å². The number of hydrogen-bond donors (Lipinski definition) is 1. The summed E-state index contributed by atoms with van der Waals surface area (Å²) in [4.78, 5) is 0. The van der Waals surface area contributed by atoms with Crippen LogP contribution < -0.4 is 5.32 Å². The van der Waals surface area contributed by atoms with E-state index in [1.165, 1.54) is 24.0 Å². The molecule has 1 nitrogen and oxygen atoms in total. The Hall–Kier alpha value is -0.820. The molecule has 2 rings (SSSR count). The number of nitrogens with one attached hydrogen (secondary N) is 1. The molecule has 82 valence electrons. The van der Waals surface area contributed by atoms with Gasteiger partial charge in [0.2, 0.25) is 0 Å². The third-order valence-electron chi connectivity index (χ3n) is 3.41. The predicted molar refractivity (Wildman–Crippen MR) is 65.3 cm³/mol. The van der Waals surface area contributed by atoms with Crippen LogP contribution in [0.1, 0.15) is 55.8 Å². The highest BCUT2D eigenvalue weighted by atomic mass is 14.9. The first kappa shape index (κ1) is 10.7. The third kappa shape index (κ3) is 2.07. The molecule has 1 heterocycles. The number of benzene rings is 1. The fourth-order valence-electron chi connectivity index (χ4n) is 2.38. The Kier molecular flexibility index (Phi) is 3.11. The van der Waals surface area contributed by atoms with Crippen LogP contribution in [-0.2, 0) is 6.42 Å². The molecule has 1 heteroatoms. The van der Waals surface area contributed by atoms with E-state index in [-0.39, 0.29) is 0 Å². The van der Waals surface area contributed by atoms with E-state index >= 15 is 0 Å². The smallest absolute Gasteiger partial charge is 0.0320 e. The van der Waals surface area contributed by atoms with Gasteiger partial charge in [-0.1, -0.05) is 39.0 Å². The van der Waals surface area contributed by atoms with E-state index < -0.39 is 0 Å². The first-order valence-electron chi connectivity index (χ1n) is 6.08. The Morgan fingerprint density at radius 1 is 1.40 bits per heavy atom. The predicted octanol–water partition coefficient (Wildman–Crippen LogP) is 3.41. The average molecular weight is 203 g/mol. The van der Waals surface area contributed by atoms with Crippen LogP contribution >= 0.6 is 0 Å². The van der Waals surface area contributed by atoms with E-state index in [9.17, 15) is 0 Å². The Morgan fingerprint density at radius 2 is 2.20 bits per heavy atom. The third-order valence-corrected chi connectivity index (χ3v) is 3.41. The van der Waals surface area contributed by atoms with E-state index in [1.54, 1.807) is 5.56 Å². The summed E-state index contributed by atoms with van der Waals surface area (Å²) in [5.41, 5.74) is 4.55.